The zero-order valence-corrected chi connectivity index (χ0v) is 7.33. The average Bonchev–Trinajstić information content (AvgIpc) is 2.00. The van der Waals surface area contributed by atoms with Crippen LogP contribution in [-0.2, 0) is 9.59 Å². The summed E-state index contributed by atoms with van der Waals surface area (Å²) < 4.78 is 0. The molecule has 0 saturated carbocycles. The Morgan fingerprint density at radius 2 is 1.92 bits per heavy atom. The van der Waals surface area contributed by atoms with Gasteiger partial charge in [-0.25, -0.2) is 5.84 Å². The standard InChI is InChI=1S/C7H15N3O2/c1-4(2)3-5(8)6(11)7(12)10-9/h4-5H,3,8-9H2,1-2H3,(H,10,12). The van der Waals surface area contributed by atoms with Gasteiger partial charge in [0.15, 0.2) is 0 Å². The third-order valence-corrected chi connectivity index (χ3v) is 1.42. The normalized spacial score (nSPS) is 12.8. The lowest BCUT2D eigenvalue weighted by Gasteiger charge is -2.10. The lowest BCUT2D eigenvalue weighted by atomic mass is 10.0. The zero-order chi connectivity index (χ0) is 9.72. The van der Waals surface area contributed by atoms with E-state index in [1.54, 1.807) is 5.43 Å². The van der Waals surface area contributed by atoms with E-state index in [9.17, 15) is 9.59 Å². The average molecular weight is 173 g/mol. The van der Waals surface area contributed by atoms with Crippen molar-refractivity contribution in [1.82, 2.24) is 5.43 Å². The second-order valence-corrected chi connectivity index (χ2v) is 3.07. The van der Waals surface area contributed by atoms with Crippen LogP contribution in [0.25, 0.3) is 0 Å². The van der Waals surface area contributed by atoms with Gasteiger partial charge in [0.25, 0.3) is 0 Å². The fraction of sp³-hybridized carbons (Fsp3) is 0.714. The van der Waals surface area contributed by atoms with Gasteiger partial charge in [0.05, 0.1) is 6.04 Å². The Morgan fingerprint density at radius 1 is 1.42 bits per heavy atom. The van der Waals surface area contributed by atoms with Crippen molar-refractivity contribution >= 4 is 11.7 Å². The number of nitrogens with two attached hydrogens (primary N) is 2. The number of ketones is 1. The van der Waals surface area contributed by atoms with E-state index in [-0.39, 0.29) is 5.92 Å². The van der Waals surface area contributed by atoms with Crippen molar-refractivity contribution < 1.29 is 9.59 Å². The molecule has 0 fully saturated rings. The number of rotatable bonds is 4. The van der Waals surface area contributed by atoms with Crippen LogP contribution in [0.1, 0.15) is 20.3 Å². The van der Waals surface area contributed by atoms with Crippen LogP contribution in [0.15, 0.2) is 0 Å². The third-order valence-electron chi connectivity index (χ3n) is 1.42. The van der Waals surface area contributed by atoms with E-state index in [0.717, 1.165) is 0 Å². The van der Waals surface area contributed by atoms with Crippen LogP contribution in [0, 0.1) is 5.92 Å². The SMILES string of the molecule is CC(C)CC(N)C(=O)C(=O)NN. The van der Waals surface area contributed by atoms with Crippen LogP contribution in [0.2, 0.25) is 0 Å². The highest BCUT2D eigenvalue weighted by Crippen LogP contribution is 2.02. The fourth-order valence-electron chi connectivity index (χ4n) is 0.854. The molecule has 0 aliphatic heterocycles. The molecule has 1 atom stereocenters. The van der Waals surface area contributed by atoms with Gasteiger partial charge in [-0.3, -0.25) is 15.0 Å². The first-order chi connectivity index (χ1) is 5.49. The summed E-state index contributed by atoms with van der Waals surface area (Å²) in [4.78, 5) is 21.7. The number of nitrogens with one attached hydrogen (secondary N) is 1. The Hall–Kier alpha value is -0.940. The van der Waals surface area contributed by atoms with Gasteiger partial charge in [-0.05, 0) is 12.3 Å². The first-order valence-electron chi connectivity index (χ1n) is 3.79. The molecule has 5 nitrogen and oxygen atoms in total. The summed E-state index contributed by atoms with van der Waals surface area (Å²) in [5.41, 5.74) is 7.18. The predicted octanol–water partition coefficient (Wildman–Crippen LogP) is -1.08. The van der Waals surface area contributed by atoms with Gasteiger partial charge in [-0.2, -0.15) is 0 Å². The predicted molar refractivity (Wildman–Crippen MR) is 44.8 cm³/mol. The van der Waals surface area contributed by atoms with Crippen LogP contribution in [-0.4, -0.2) is 17.7 Å². The minimum atomic E-state index is -0.830. The summed E-state index contributed by atoms with van der Waals surface area (Å²) in [6.45, 7) is 3.85. The van der Waals surface area contributed by atoms with Gasteiger partial charge in [-0.1, -0.05) is 13.8 Å². The molecule has 0 aliphatic rings. The molecule has 1 amide bonds. The number of hydrazine groups is 1. The van der Waals surface area contributed by atoms with Crippen LogP contribution in [0.3, 0.4) is 0 Å². The molecule has 70 valence electrons. The Morgan fingerprint density at radius 3 is 2.25 bits per heavy atom. The van der Waals surface area contributed by atoms with Crippen molar-refractivity contribution in [2.75, 3.05) is 0 Å². The topological polar surface area (TPSA) is 98.2 Å². The molecule has 5 heteroatoms. The lowest BCUT2D eigenvalue weighted by molar-refractivity contribution is -0.138. The summed E-state index contributed by atoms with van der Waals surface area (Å²) in [6, 6.07) is -0.742. The van der Waals surface area contributed by atoms with E-state index in [4.69, 9.17) is 11.6 Å². The fourth-order valence-corrected chi connectivity index (χ4v) is 0.854. The van der Waals surface area contributed by atoms with Gasteiger partial charge >= 0.3 is 5.91 Å². The molecule has 12 heavy (non-hydrogen) atoms. The summed E-state index contributed by atoms with van der Waals surface area (Å²) in [5.74, 6) is 3.56. The molecular weight excluding hydrogens is 158 g/mol. The molecule has 0 aromatic carbocycles. The molecule has 0 spiro atoms. The van der Waals surface area contributed by atoms with Crippen molar-refractivity contribution in [2.24, 2.45) is 17.5 Å². The van der Waals surface area contributed by atoms with E-state index < -0.39 is 17.7 Å². The first-order valence-corrected chi connectivity index (χ1v) is 3.79. The minimum absolute atomic E-state index is 0.287. The second-order valence-electron chi connectivity index (χ2n) is 3.07. The van der Waals surface area contributed by atoms with Crippen LogP contribution < -0.4 is 17.0 Å². The number of amides is 1. The maximum Gasteiger partial charge on any atom is 0.302 e. The maximum atomic E-state index is 11.0. The van der Waals surface area contributed by atoms with Crippen molar-refractivity contribution in [1.29, 1.82) is 0 Å². The number of hydrogen-bond donors (Lipinski definition) is 3. The molecule has 0 radical (unpaired) electrons. The Bertz CT molecular complexity index is 179. The molecule has 0 rings (SSSR count). The molecular formula is C7H15N3O2. The van der Waals surface area contributed by atoms with E-state index in [2.05, 4.69) is 0 Å². The molecule has 0 saturated heterocycles. The Balaban J connectivity index is 4.01. The lowest BCUT2D eigenvalue weighted by Crippen LogP contribution is -2.45. The monoisotopic (exact) mass is 173 g/mol. The molecule has 1 unspecified atom stereocenters. The van der Waals surface area contributed by atoms with Gasteiger partial charge in [0.1, 0.15) is 0 Å². The molecule has 0 aromatic rings. The molecule has 0 bridgehead atoms. The minimum Gasteiger partial charge on any atom is -0.321 e. The largest absolute Gasteiger partial charge is 0.321 e. The summed E-state index contributed by atoms with van der Waals surface area (Å²) in [5, 5.41) is 0. The van der Waals surface area contributed by atoms with Crippen molar-refractivity contribution in [3.8, 4) is 0 Å². The van der Waals surface area contributed by atoms with E-state index in [0.29, 0.717) is 6.42 Å². The second kappa shape index (κ2) is 4.84. The van der Waals surface area contributed by atoms with Crippen LogP contribution in [0.4, 0.5) is 0 Å². The molecule has 0 heterocycles. The zero-order valence-electron chi connectivity index (χ0n) is 7.33. The van der Waals surface area contributed by atoms with Gasteiger partial charge in [0, 0.05) is 0 Å². The number of Topliss-reactive ketones (excluding diaryl/α,β-unsaturated/α-hetero) is 1. The van der Waals surface area contributed by atoms with Gasteiger partial charge in [0.2, 0.25) is 5.78 Å². The van der Waals surface area contributed by atoms with E-state index >= 15 is 0 Å². The number of carbonyl (C=O) groups is 2. The highest BCUT2D eigenvalue weighted by molar-refractivity contribution is 6.37. The van der Waals surface area contributed by atoms with Gasteiger partial charge in [-0.15, -0.1) is 0 Å². The highest BCUT2D eigenvalue weighted by Gasteiger charge is 2.21. The molecule has 0 aliphatic carbocycles. The molecule has 5 N–H and O–H groups in total. The number of hydrogen-bond acceptors (Lipinski definition) is 4. The Kier molecular flexibility index (Phi) is 4.46. The highest BCUT2D eigenvalue weighted by atomic mass is 16.2. The third kappa shape index (κ3) is 3.45. The van der Waals surface area contributed by atoms with Crippen molar-refractivity contribution in [3.63, 3.8) is 0 Å². The Labute approximate surface area is 71.5 Å². The van der Waals surface area contributed by atoms with Crippen molar-refractivity contribution in [3.05, 3.63) is 0 Å². The quantitative estimate of drug-likeness (QED) is 0.218. The van der Waals surface area contributed by atoms with Crippen LogP contribution >= 0.6 is 0 Å². The van der Waals surface area contributed by atoms with E-state index in [1.807, 2.05) is 13.8 Å². The van der Waals surface area contributed by atoms with Crippen molar-refractivity contribution in [2.45, 2.75) is 26.3 Å². The summed E-state index contributed by atoms with van der Waals surface area (Å²) >= 11 is 0. The number of carbonyl (C=O) groups excluding carboxylic acids is 2. The first kappa shape index (κ1) is 11.1. The van der Waals surface area contributed by atoms with E-state index in [1.165, 1.54) is 0 Å². The maximum absolute atomic E-state index is 11.0. The summed E-state index contributed by atoms with van der Waals surface area (Å²) in [6.07, 6.45) is 0.492. The van der Waals surface area contributed by atoms with Crippen LogP contribution in [0.5, 0.6) is 0 Å². The summed E-state index contributed by atoms with van der Waals surface area (Å²) in [7, 11) is 0. The molecule has 0 aromatic heterocycles. The van der Waals surface area contributed by atoms with Gasteiger partial charge < -0.3 is 5.73 Å². The smallest absolute Gasteiger partial charge is 0.302 e.